The van der Waals surface area contributed by atoms with Crippen molar-refractivity contribution in [1.82, 2.24) is 10.6 Å². The fourth-order valence-electron chi connectivity index (χ4n) is 2.61. The molecule has 1 aromatic carbocycles. The Hall–Kier alpha value is -1.30. The van der Waals surface area contributed by atoms with Crippen LogP contribution >= 0.6 is 11.6 Å². The second-order valence-corrected chi connectivity index (χ2v) is 6.39. The fraction of sp³-hybridized carbons (Fsp3) is 0.611. The lowest BCUT2D eigenvalue weighted by molar-refractivity contribution is -0.0320. The highest BCUT2D eigenvalue weighted by atomic mass is 35.5. The Morgan fingerprint density at radius 2 is 2.04 bits per heavy atom. The van der Waals surface area contributed by atoms with E-state index in [0.29, 0.717) is 6.10 Å². The number of hydrogen-bond donors (Lipinski definition) is 2. The quantitative estimate of drug-likeness (QED) is 0.449. The number of rotatable bonds is 7. The van der Waals surface area contributed by atoms with Gasteiger partial charge in [-0.15, -0.1) is 0 Å². The molecule has 1 fully saturated rings. The summed E-state index contributed by atoms with van der Waals surface area (Å²) in [7, 11) is 1.78. The Morgan fingerprint density at radius 3 is 2.71 bits per heavy atom. The molecule has 0 spiro atoms. The van der Waals surface area contributed by atoms with Crippen LogP contribution in [-0.4, -0.2) is 45.5 Å². The second-order valence-electron chi connectivity index (χ2n) is 5.95. The minimum atomic E-state index is 0.159. The van der Waals surface area contributed by atoms with E-state index in [1.54, 1.807) is 7.05 Å². The average Bonchev–Trinajstić information content (AvgIpc) is 2.61. The minimum Gasteiger partial charge on any atom is -0.381 e. The van der Waals surface area contributed by atoms with Crippen LogP contribution in [0, 0.1) is 0 Å². The van der Waals surface area contributed by atoms with Gasteiger partial charge >= 0.3 is 0 Å². The first-order valence-electron chi connectivity index (χ1n) is 8.61. The van der Waals surface area contributed by atoms with Gasteiger partial charge in [-0.25, -0.2) is 0 Å². The van der Waals surface area contributed by atoms with Gasteiger partial charge < -0.3 is 20.1 Å². The van der Waals surface area contributed by atoms with Crippen LogP contribution in [0.25, 0.3) is 0 Å². The lowest BCUT2D eigenvalue weighted by atomic mass is 10.1. The van der Waals surface area contributed by atoms with Crippen molar-refractivity contribution in [3.05, 3.63) is 34.9 Å². The molecule has 6 heteroatoms. The van der Waals surface area contributed by atoms with Crippen molar-refractivity contribution in [3.63, 3.8) is 0 Å². The molecule has 1 unspecified atom stereocenters. The Balaban J connectivity index is 1.63. The third kappa shape index (κ3) is 6.67. The predicted octanol–water partition coefficient (Wildman–Crippen LogP) is 3.15. The number of halogens is 1. The molecule has 1 atom stereocenters. The summed E-state index contributed by atoms with van der Waals surface area (Å²) in [6.07, 6.45) is 3.33. The van der Waals surface area contributed by atoms with Crippen LogP contribution in [0.2, 0.25) is 5.02 Å². The third-order valence-corrected chi connectivity index (χ3v) is 4.33. The van der Waals surface area contributed by atoms with Crippen molar-refractivity contribution in [2.75, 3.05) is 33.4 Å². The van der Waals surface area contributed by atoms with Gasteiger partial charge in [0, 0.05) is 38.4 Å². The second kappa shape index (κ2) is 10.5. The van der Waals surface area contributed by atoms with Crippen molar-refractivity contribution in [2.24, 2.45) is 4.99 Å². The molecule has 2 N–H and O–H groups in total. The highest BCUT2D eigenvalue weighted by Crippen LogP contribution is 2.15. The summed E-state index contributed by atoms with van der Waals surface area (Å²) in [5, 5.41) is 7.46. The summed E-state index contributed by atoms with van der Waals surface area (Å²) in [4.78, 5) is 4.27. The Morgan fingerprint density at radius 1 is 1.33 bits per heavy atom. The van der Waals surface area contributed by atoms with Gasteiger partial charge in [0.2, 0.25) is 0 Å². The lowest BCUT2D eigenvalue weighted by Gasteiger charge is -2.22. The molecule has 2 rings (SSSR count). The number of aliphatic imine (C=N–C) groups is 1. The maximum Gasteiger partial charge on any atom is 0.191 e. The molecule has 1 aliphatic heterocycles. The van der Waals surface area contributed by atoms with Gasteiger partial charge in [0.25, 0.3) is 0 Å². The van der Waals surface area contributed by atoms with Crippen molar-refractivity contribution in [1.29, 1.82) is 0 Å². The normalized spacial score (nSPS) is 17.5. The molecule has 5 nitrogen and oxygen atoms in total. The van der Waals surface area contributed by atoms with Gasteiger partial charge in [-0.2, -0.15) is 0 Å². The first-order chi connectivity index (χ1) is 11.7. The zero-order valence-corrected chi connectivity index (χ0v) is 15.3. The molecule has 1 aliphatic rings. The van der Waals surface area contributed by atoms with Gasteiger partial charge in [0.1, 0.15) is 0 Å². The summed E-state index contributed by atoms with van der Waals surface area (Å²) in [5.74, 6) is 0.795. The summed E-state index contributed by atoms with van der Waals surface area (Å²) >= 11 is 5.93. The van der Waals surface area contributed by atoms with Gasteiger partial charge in [-0.1, -0.05) is 23.7 Å². The van der Waals surface area contributed by atoms with Crippen LogP contribution in [0.4, 0.5) is 0 Å². The van der Waals surface area contributed by atoms with E-state index in [1.807, 2.05) is 24.3 Å². The Bertz CT molecular complexity index is 501. The fourth-order valence-corrected chi connectivity index (χ4v) is 2.73. The standard InChI is InChI=1S/C18H28ClN3O2/c1-14(15-4-6-16(19)7-5-15)22-18(20-2)21-10-3-11-24-17-8-12-23-13-9-17/h4-7,14,17H,3,8-13H2,1-2H3,(H2,20,21,22). The summed E-state index contributed by atoms with van der Waals surface area (Å²) < 4.78 is 11.2. The number of guanidine groups is 1. The molecule has 1 heterocycles. The predicted molar refractivity (Wildman–Crippen MR) is 98.8 cm³/mol. The molecule has 0 aromatic heterocycles. The molecule has 0 bridgehead atoms. The van der Waals surface area contributed by atoms with Crippen molar-refractivity contribution >= 4 is 17.6 Å². The van der Waals surface area contributed by atoms with Crippen LogP contribution in [-0.2, 0) is 9.47 Å². The zero-order valence-electron chi connectivity index (χ0n) is 14.6. The van der Waals surface area contributed by atoms with E-state index in [9.17, 15) is 0 Å². The van der Waals surface area contributed by atoms with Crippen LogP contribution in [0.3, 0.4) is 0 Å². The highest BCUT2D eigenvalue weighted by molar-refractivity contribution is 6.30. The van der Waals surface area contributed by atoms with Crippen LogP contribution in [0.1, 0.15) is 37.8 Å². The first-order valence-corrected chi connectivity index (χ1v) is 8.99. The number of benzene rings is 1. The van der Waals surface area contributed by atoms with Crippen molar-refractivity contribution in [3.8, 4) is 0 Å². The largest absolute Gasteiger partial charge is 0.381 e. The third-order valence-electron chi connectivity index (χ3n) is 4.08. The molecule has 134 valence electrons. The maximum atomic E-state index is 5.93. The number of hydrogen-bond acceptors (Lipinski definition) is 3. The smallest absolute Gasteiger partial charge is 0.191 e. The van der Waals surface area contributed by atoms with E-state index in [1.165, 1.54) is 5.56 Å². The Kier molecular flexibility index (Phi) is 8.36. The molecular formula is C18H28ClN3O2. The highest BCUT2D eigenvalue weighted by Gasteiger charge is 2.13. The molecular weight excluding hydrogens is 326 g/mol. The monoisotopic (exact) mass is 353 g/mol. The maximum absolute atomic E-state index is 5.93. The van der Waals surface area contributed by atoms with E-state index in [0.717, 1.165) is 56.6 Å². The van der Waals surface area contributed by atoms with Crippen molar-refractivity contribution in [2.45, 2.75) is 38.3 Å². The number of nitrogens with one attached hydrogen (secondary N) is 2. The summed E-state index contributed by atoms with van der Waals surface area (Å²) in [5.41, 5.74) is 1.17. The Labute approximate surface area is 149 Å². The van der Waals surface area contributed by atoms with Gasteiger partial charge in [0.15, 0.2) is 5.96 Å². The molecule has 0 amide bonds. The van der Waals surface area contributed by atoms with Crippen molar-refractivity contribution < 1.29 is 9.47 Å². The van der Waals surface area contributed by atoms with Crippen LogP contribution < -0.4 is 10.6 Å². The van der Waals surface area contributed by atoms with Gasteiger partial charge in [-0.05, 0) is 43.9 Å². The topological polar surface area (TPSA) is 54.9 Å². The lowest BCUT2D eigenvalue weighted by Crippen LogP contribution is -2.39. The van der Waals surface area contributed by atoms with Gasteiger partial charge in [0.05, 0.1) is 12.1 Å². The number of nitrogens with zero attached hydrogens (tertiary/aromatic N) is 1. The van der Waals surface area contributed by atoms with E-state index < -0.39 is 0 Å². The zero-order chi connectivity index (χ0) is 17.2. The van der Waals surface area contributed by atoms with E-state index in [4.69, 9.17) is 21.1 Å². The average molecular weight is 354 g/mol. The van der Waals surface area contributed by atoms with Crippen LogP contribution in [0.15, 0.2) is 29.3 Å². The molecule has 0 aliphatic carbocycles. The van der Waals surface area contributed by atoms with E-state index in [-0.39, 0.29) is 6.04 Å². The molecule has 1 saturated heterocycles. The summed E-state index contributed by atoms with van der Waals surface area (Å²) in [6, 6.07) is 8.01. The number of ether oxygens (including phenoxy) is 2. The molecule has 1 aromatic rings. The molecule has 0 saturated carbocycles. The van der Waals surface area contributed by atoms with Crippen LogP contribution in [0.5, 0.6) is 0 Å². The molecule has 0 radical (unpaired) electrons. The summed E-state index contributed by atoms with van der Waals surface area (Å²) in [6.45, 7) is 5.34. The van der Waals surface area contributed by atoms with Gasteiger partial charge in [-0.3, -0.25) is 4.99 Å². The SMILES string of the molecule is CN=C(NCCCOC1CCOCC1)NC(C)c1ccc(Cl)cc1. The van der Waals surface area contributed by atoms with E-state index in [2.05, 4.69) is 22.5 Å². The first kappa shape index (κ1) is 19.0. The molecule has 24 heavy (non-hydrogen) atoms. The van der Waals surface area contributed by atoms with E-state index >= 15 is 0 Å². The minimum absolute atomic E-state index is 0.159.